The minimum absolute atomic E-state index is 0.0124. The molecular weight excluding hydrogens is 406 g/mol. The van der Waals surface area contributed by atoms with Gasteiger partial charge in [0.15, 0.2) is 0 Å². The van der Waals surface area contributed by atoms with Gasteiger partial charge in [-0.15, -0.1) is 0 Å². The molecule has 2 aromatic rings. The molecule has 1 saturated carbocycles. The van der Waals surface area contributed by atoms with Crippen molar-refractivity contribution >= 4 is 17.7 Å². The summed E-state index contributed by atoms with van der Waals surface area (Å²) in [5.74, 6) is -0.424. The van der Waals surface area contributed by atoms with E-state index in [4.69, 9.17) is 4.74 Å². The number of hydrogen-bond acceptors (Lipinski definition) is 4. The summed E-state index contributed by atoms with van der Waals surface area (Å²) in [6.07, 6.45) is 2.06. The molecule has 4 rings (SSSR count). The molecule has 3 amide bonds. The summed E-state index contributed by atoms with van der Waals surface area (Å²) in [7, 11) is 1.59. The van der Waals surface area contributed by atoms with Gasteiger partial charge in [-0.25, -0.2) is 0 Å². The minimum Gasteiger partial charge on any atom is -0.497 e. The first-order chi connectivity index (χ1) is 15.5. The maximum atomic E-state index is 13.2. The van der Waals surface area contributed by atoms with Crippen LogP contribution >= 0.6 is 0 Å². The van der Waals surface area contributed by atoms with Crippen LogP contribution < -0.4 is 15.4 Å². The van der Waals surface area contributed by atoms with Gasteiger partial charge in [-0.2, -0.15) is 0 Å². The second-order valence-corrected chi connectivity index (χ2v) is 8.50. The largest absolute Gasteiger partial charge is 0.497 e. The van der Waals surface area contributed by atoms with Crippen LogP contribution in [0.5, 0.6) is 5.75 Å². The van der Waals surface area contributed by atoms with Gasteiger partial charge in [0.2, 0.25) is 17.7 Å². The Kier molecular flexibility index (Phi) is 6.44. The molecule has 32 heavy (non-hydrogen) atoms. The Morgan fingerprint density at radius 3 is 2.56 bits per heavy atom. The molecule has 3 atom stereocenters. The van der Waals surface area contributed by atoms with E-state index in [0.717, 1.165) is 24.0 Å². The van der Waals surface area contributed by atoms with Gasteiger partial charge in [0.1, 0.15) is 11.8 Å². The van der Waals surface area contributed by atoms with Crippen molar-refractivity contribution in [3.05, 3.63) is 65.7 Å². The van der Waals surface area contributed by atoms with Gasteiger partial charge in [0, 0.05) is 19.0 Å². The number of carbonyl (C=O) groups is 3. The second kappa shape index (κ2) is 9.42. The number of likely N-dealkylation sites (tertiary alicyclic amines) is 1. The Bertz CT molecular complexity index is 990. The fraction of sp³-hybridized carbons (Fsp3) is 0.400. The first kappa shape index (κ1) is 21.9. The van der Waals surface area contributed by atoms with Gasteiger partial charge < -0.3 is 20.3 Å². The van der Waals surface area contributed by atoms with Gasteiger partial charge >= 0.3 is 0 Å². The van der Waals surface area contributed by atoms with E-state index in [1.165, 1.54) is 0 Å². The Labute approximate surface area is 188 Å². The lowest BCUT2D eigenvalue weighted by Gasteiger charge is -2.29. The van der Waals surface area contributed by atoms with E-state index in [2.05, 4.69) is 10.6 Å². The highest BCUT2D eigenvalue weighted by atomic mass is 16.5. The second-order valence-electron chi connectivity index (χ2n) is 8.50. The Morgan fingerprint density at radius 1 is 1.12 bits per heavy atom. The predicted molar refractivity (Wildman–Crippen MR) is 120 cm³/mol. The number of methoxy groups -OCH3 is 1. The lowest BCUT2D eigenvalue weighted by Crippen LogP contribution is -2.47. The highest BCUT2D eigenvalue weighted by molar-refractivity contribution is 5.93. The quantitative estimate of drug-likeness (QED) is 0.667. The average molecular weight is 436 g/mol. The summed E-state index contributed by atoms with van der Waals surface area (Å²) >= 11 is 0. The van der Waals surface area contributed by atoms with Crippen LogP contribution in [0.3, 0.4) is 0 Å². The smallest absolute Gasteiger partial charge is 0.242 e. The molecule has 0 unspecified atom stereocenters. The molecule has 0 bridgehead atoms. The van der Waals surface area contributed by atoms with Crippen LogP contribution in [-0.2, 0) is 20.9 Å². The van der Waals surface area contributed by atoms with E-state index < -0.39 is 12.0 Å². The van der Waals surface area contributed by atoms with E-state index in [1.54, 1.807) is 14.0 Å². The molecule has 2 fully saturated rings. The number of hydrogen-bond donors (Lipinski definition) is 2. The molecule has 1 aliphatic carbocycles. The summed E-state index contributed by atoms with van der Waals surface area (Å²) in [5, 5.41) is 5.68. The summed E-state index contributed by atoms with van der Waals surface area (Å²) in [4.78, 5) is 40.4. The molecule has 168 valence electrons. The van der Waals surface area contributed by atoms with Crippen LogP contribution in [0.1, 0.15) is 43.4 Å². The number of rotatable bonds is 8. The van der Waals surface area contributed by atoms with Crippen LogP contribution in [-0.4, -0.2) is 41.8 Å². The molecule has 1 saturated heterocycles. The summed E-state index contributed by atoms with van der Waals surface area (Å²) in [6, 6.07) is 16.2. The SMILES string of the molecule is COc1cccc([C@@H]2[C@H](C(=O)N[C@H](C)C(=O)NCc3ccccc3)CC(=O)N2C2CC2)c1. The number of nitrogens with zero attached hydrogens (tertiary/aromatic N) is 1. The number of benzene rings is 2. The predicted octanol–water partition coefficient (Wildman–Crippen LogP) is 2.57. The van der Waals surface area contributed by atoms with Crippen molar-refractivity contribution in [2.75, 3.05) is 7.11 Å². The maximum absolute atomic E-state index is 13.2. The fourth-order valence-corrected chi connectivity index (χ4v) is 4.32. The topological polar surface area (TPSA) is 87.7 Å². The van der Waals surface area contributed by atoms with Crippen molar-refractivity contribution in [1.82, 2.24) is 15.5 Å². The zero-order valence-electron chi connectivity index (χ0n) is 18.4. The molecule has 2 aliphatic rings. The van der Waals surface area contributed by atoms with E-state index in [9.17, 15) is 14.4 Å². The summed E-state index contributed by atoms with van der Waals surface area (Å²) < 4.78 is 5.35. The Balaban J connectivity index is 1.45. The average Bonchev–Trinajstić information content (AvgIpc) is 3.59. The van der Waals surface area contributed by atoms with Crippen LogP contribution in [0.25, 0.3) is 0 Å². The normalized spacial score (nSPS) is 21.2. The van der Waals surface area contributed by atoms with Crippen molar-refractivity contribution in [1.29, 1.82) is 0 Å². The van der Waals surface area contributed by atoms with Crippen molar-refractivity contribution in [3.8, 4) is 5.75 Å². The van der Waals surface area contributed by atoms with Crippen molar-refractivity contribution < 1.29 is 19.1 Å². The number of ether oxygens (including phenoxy) is 1. The van der Waals surface area contributed by atoms with Gasteiger partial charge in [-0.05, 0) is 43.0 Å². The van der Waals surface area contributed by atoms with E-state index in [-0.39, 0.29) is 36.2 Å². The number of carbonyl (C=O) groups excluding carboxylic acids is 3. The van der Waals surface area contributed by atoms with Crippen LogP contribution in [0.2, 0.25) is 0 Å². The Hall–Kier alpha value is -3.35. The van der Waals surface area contributed by atoms with Crippen LogP contribution in [0.4, 0.5) is 0 Å². The van der Waals surface area contributed by atoms with E-state index >= 15 is 0 Å². The van der Waals surface area contributed by atoms with Gasteiger partial charge in [-0.3, -0.25) is 14.4 Å². The maximum Gasteiger partial charge on any atom is 0.242 e. The molecule has 7 heteroatoms. The van der Waals surface area contributed by atoms with Crippen molar-refractivity contribution in [2.45, 2.75) is 50.9 Å². The zero-order valence-corrected chi connectivity index (χ0v) is 18.4. The standard InChI is InChI=1S/C25H29N3O4/c1-16(24(30)26-15-17-7-4-3-5-8-17)27-25(31)21-14-22(29)28(19-11-12-19)23(21)18-9-6-10-20(13-18)32-2/h3-10,13,16,19,21,23H,11-12,14-15H2,1-2H3,(H,26,30)(H,27,31)/t16-,21-,23-/m1/s1. The highest BCUT2D eigenvalue weighted by Crippen LogP contribution is 2.45. The van der Waals surface area contributed by atoms with Gasteiger partial charge in [0.05, 0.1) is 19.1 Å². The molecule has 2 N–H and O–H groups in total. The zero-order chi connectivity index (χ0) is 22.7. The van der Waals surface area contributed by atoms with Gasteiger partial charge in [-0.1, -0.05) is 42.5 Å². The van der Waals surface area contributed by atoms with E-state index in [1.807, 2.05) is 59.5 Å². The molecule has 0 aromatic heterocycles. The lowest BCUT2D eigenvalue weighted by atomic mass is 9.92. The lowest BCUT2D eigenvalue weighted by molar-refractivity contribution is -0.131. The summed E-state index contributed by atoms with van der Waals surface area (Å²) in [5.41, 5.74) is 1.86. The number of nitrogens with one attached hydrogen (secondary N) is 2. The Morgan fingerprint density at radius 2 is 1.88 bits per heavy atom. The third kappa shape index (κ3) is 4.77. The molecule has 0 spiro atoms. The molecule has 1 heterocycles. The first-order valence-electron chi connectivity index (χ1n) is 11.0. The summed E-state index contributed by atoms with van der Waals surface area (Å²) in [6.45, 7) is 2.05. The third-order valence-corrected chi connectivity index (χ3v) is 6.14. The van der Waals surface area contributed by atoms with Crippen LogP contribution in [0, 0.1) is 5.92 Å². The molecule has 1 aliphatic heterocycles. The monoisotopic (exact) mass is 435 g/mol. The van der Waals surface area contributed by atoms with Crippen LogP contribution in [0.15, 0.2) is 54.6 Å². The van der Waals surface area contributed by atoms with Gasteiger partial charge in [0.25, 0.3) is 0 Å². The number of amides is 3. The third-order valence-electron chi connectivity index (χ3n) is 6.14. The fourth-order valence-electron chi connectivity index (χ4n) is 4.32. The molecular formula is C25H29N3O4. The minimum atomic E-state index is -0.706. The van der Waals surface area contributed by atoms with Crippen molar-refractivity contribution in [3.63, 3.8) is 0 Å². The van der Waals surface area contributed by atoms with Crippen molar-refractivity contribution in [2.24, 2.45) is 5.92 Å². The molecule has 7 nitrogen and oxygen atoms in total. The van der Waals surface area contributed by atoms with E-state index in [0.29, 0.717) is 12.3 Å². The highest BCUT2D eigenvalue weighted by Gasteiger charge is 2.50. The molecule has 0 radical (unpaired) electrons. The molecule has 2 aromatic carbocycles. The first-order valence-corrected chi connectivity index (χ1v) is 11.0.